The van der Waals surface area contributed by atoms with Gasteiger partial charge in [0.25, 0.3) is 0 Å². The summed E-state index contributed by atoms with van der Waals surface area (Å²) in [6.07, 6.45) is 2.04. The molecule has 1 aromatic carbocycles. The average Bonchev–Trinajstić information content (AvgIpc) is 3.35. The van der Waals surface area contributed by atoms with E-state index in [-0.39, 0.29) is 0 Å². The first-order valence-corrected chi connectivity index (χ1v) is 12.8. The van der Waals surface area contributed by atoms with Crippen molar-refractivity contribution in [3.8, 4) is 16.3 Å². The second kappa shape index (κ2) is 9.76. The van der Waals surface area contributed by atoms with Crippen LogP contribution < -0.4 is 9.64 Å². The van der Waals surface area contributed by atoms with E-state index >= 15 is 0 Å². The molecule has 0 bridgehead atoms. The van der Waals surface area contributed by atoms with Gasteiger partial charge in [-0.25, -0.2) is 8.42 Å². The van der Waals surface area contributed by atoms with E-state index in [1.54, 1.807) is 35.6 Å². The lowest BCUT2D eigenvalue weighted by molar-refractivity contribution is 0.309. The van der Waals surface area contributed by atoms with Gasteiger partial charge in [-0.15, -0.1) is 21.5 Å². The number of nitrogens with zero attached hydrogens (tertiary/aromatic N) is 4. The zero-order valence-corrected chi connectivity index (χ0v) is 19.1. The molecule has 164 valence electrons. The first kappa shape index (κ1) is 21.7. The fourth-order valence-corrected chi connectivity index (χ4v) is 5.51. The quantitative estimate of drug-likeness (QED) is 0.477. The molecule has 1 aliphatic heterocycles. The van der Waals surface area contributed by atoms with Gasteiger partial charge in [-0.05, 0) is 54.3 Å². The lowest BCUT2D eigenvalue weighted by Gasteiger charge is -2.34. The predicted molar refractivity (Wildman–Crippen MR) is 123 cm³/mol. The van der Waals surface area contributed by atoms with Gasteiger partial charge in [0.15, 0.2) is 5.82 Å². The average molecular weight is 459 g/mol. The van der Waals surface area contributed by atoms with Crippen molar-refractivity contribution < 1.29 is 13.2 Å². The zero-order chi connectivity index (χ0) is 21.7. The molecule has 1 aliphatic rings. The summed E-state index contributed by atoms with van der Waals surface area (Å²) in [5.74, 6) is 1.47. The largest absolute Gasteiger partial charge is 0.494 e. The summed E-state index contributed by atoms with van der Waals surface area (Å²) in [4.78, 5) is 3.45. The Morgan fingerprint density at radius 2 is 1.77 bits per heavy atom. The first-order chi connectivity index (χ1) is 15.1. The normalized spacial score (nSPS) is 15.2. The Bertz CT molecular complexity index is 1060. The minimum atomic E-state index is -3.53. The van der Waals surface area contributed by atoms with Crippen LogP contribution in [0.4, 0.5) is 5.82 Å². The number of hydrogen-bond acceptors (Lipinski definition) is 7. The van der Waals surface area contributed by atoms with Crippen molar-refractivity contribution >= 4 is 27.2 Å². The lowest BCUT2D eigenvalue weighted by atomic mass is 10.3. The molecule has 4 rings (SSSR count). The second-order valence-electron chi connectivity index (χ2n) is 7.32. The summed E-state index contributed by atoms with van der Waals surface area (Å²) in [5.41, 5.74) is 0.849. The Hall–Kier alpha value is -2.49. The highest BCUT2D eigenvalue weighted by Crippen LogP contribution is 2.25. The molecule has 0 spiro atoms. The summed E-state index contributed by atoms with van der Waals surface area (Å²) in [6, 6.07) is 14.6. The van der Waals surface area contributed by atoms with Gasteiger partial charge >= 0.3 is 0 Å². The molecular formula is C22H26N4O3S2. The summed E-state index contributed by atoms with van der Waals surface area (Å²) >= 11 is 1.63. The molecule has 3 heterocycles. The number of sulfonamides is 1. The molecule has 0 N–H and O–H groups in total. The molecule has 1 saturated heterocycles. The van der Waals surface area contributed by atoms with Crippen molar-refractivity contribution in [2.75, 3.05) is 37.7 Å². The maximum absolute atomic E-state index is 13.0. The molecule has 0 saturated carbocycles. The summed E-state index contributed by atoms with van der Waals surface area (Å²) < 4.78 is 33.2. The van der Waals surface area contributed by atoms with Crippen molar-refractivity contribution in [1.82, 2.24) is 14.5 Å². The van der Waals surface area contributed by atoms with E-state index in [0.717, 1.165) is 29.2 Å². The highest BCUT2D eigenvalue weighted by Gasteiger charge is 2.29. The summed E-state index contributed by atoms with van der Waals surface area (Å²) in [5, 5.41) is 10.7. The molecule has 0 unspecified atom stereocenters. The number of ether oxygens (including phenoxy) is 1. The van der Waals surface area contributed by atoms with E-state index in [9.17, 15) is 8.42 Å². The molecule has 3 aromatic rings. The number of thiophene rings is 1. The number of hydrogen-bond donors (Lipinski definition) is 0. The van der Waals surface area contributed by atoms with Crippen LogP contribution in [-0.4, -0.2) is 55.7 Å². The Balaban J connectivity index is 1.36. The van der Waals surface area contributed by atoms with Crippen LogP contribution in [0.25, 0.3) is 10.6 Å². The van der Waals surface area contributed by atoms with Crippen LogP contribution in [-0.2, 0) is 10.0 Å². The van der Waals surface area contributed by atoms with Gasteiger partial charge in [0.2, 0.25) is 10.0 Å². The maximum atomic E-state index is 13.0. The minimum absolute atomic E-state index is 0.295. The molecule has 0 atom stereocenters. The molecule has 7 nitrogen and oxygen atoms in total. The number of aromatic nitrogens is 2. The van der Waals surface area contributed by atoms with Crippen LogP contribution in [0.5, 0.6) is 5.75 Å². The Labute approximate surface area is 187 Å². The van der Waals surface area contributed by atoms with E-state index in [2.05, 4.69) is 22.0 Å². The number of anilines is 1. The molecule has 31 heavy (non-hydrogen) atoms. The molecule has 0 radical (unpaired) electrons. The second-order valence-corrected chi connectivity index (χ2v) is 10.2. The molecule has 0 amide bonds. The Morgan fingerprint density at radius 3 is 2.39 bits per heavy atom. The fourth-order valence-electron chi connectivity index (χ4n) is 3.40. The number of rotatable bonds is 8. The molecule has 2 aromatic heterocycles. The molecule has 9 heteroatoms. The van der Waals surface area contributed by atoms with Gasteiger partial charge < -0.3 is 9.64 Å². The van der Waals surface area contributed by atoms with Crippen LogP contribution in [0.3, 0.4) is 0 Å². The number of unbranched alkanes of at least 4 members (excludes halogenated alkanes) is 1. The van der Waals surface area contributed by atoms with Crippen LogP contribution in [0, 0.1) is 0 Å². The van der Waals surface area contributed by atoms with Gasteiger partial charge in [0, 0.05) is 26.2 Å². The van der Waals surface area contributed by atoms with Crippen molar-refractivity contribution in [3.05, 3.63) is 53.9 Å². The van der Waals surface area contributed by atoms with Gasteiger partial charge in [0.1, 0.15) is 11.4 Å². The van der Waals surface area contributed by atoms with E-state index in [1.165, 1.54) is 4.31 Å². The van der Waals surface area contributed by atoms with Crippen molar-refractivity contribution in [2.45, 2.75) is 24.7 Å². The third kappa shape index (κ3) is 5.06. The Morgan fingerprint density at radius 1 is 1.00 bits per heavy atom. The standard InChI is InChI=1S/C22H26N4O3S2/c1-2-3-16-29-18-6-8-19(9-7-18)31(27,28)26-14-12-25(13-15-26)22-11-10-20(23-24-22)21-5-4-17-30-21/h4-11,17H,2-3,12-16H2,1H3. The van der Waals surface area contributed by atoms with Gasteiger partial charge in [-0.1, -0.05) is 19.4 Å². The van der Waals surface area contributed by atoms with Crippen molar-refractivity contribution in [3.63, 3.8) is 0 Å². The highest BCUT2D eigenvalue weighted by molar-refractivity contribution is 7.89. The van der Waals surface area contributed by atoms with Gasteiger partial charge in [-0.2, -0.15) is 4.31 Å². The van der Waals surface area contributed by atoms with Crippen LogP contribution in [0.2, 0.25) is 0 Å². The van der Waals surface area contributed by atoms with E-state index in [1.807, 2.05) is 29.6 Å². The SMILES string of the molecule is CCCCOc1ccc(S(=O)(=O)N2CCN(c3ccc(-c4cccs4)nn3)CC2)cc1. The third-order valence-corrected chi connectivity index (χ3v) is 8.02. The maximum Gasteiger partial charge on any atom is 0.243 e. The summed E-state index contributed by atoms with van der Waals surface area (Å²) in [7, 11) is -3.53. The van der Waals surface area contributed by atoms with E-state index in [4.69, 9.17) is 4.74 Å². The topological polar surface area (TPSA) is 75.6 Å². The molecular weight excluding hydrogens is 432 g/mol. The van der Waals surface area contributed by atoms with Crippen LogP contribution in [0.15, 0.2) is 58.8 Å². The van der Waals surface area contributed by atoms with E-state index < -0.39 is 10.0 Å². The monoisotopic (exact) mass is 458 g/mol. The lowest BCUT2D eigenvalue weighted by Crippen LogP contribution is -2.48. The zero-order valence-electron chi connectivity index (χ0n) is 17.5. The summed E-state index contributed by atoms with van der Waals surface area (Å²) in [6.45, 7) is 4.71. The molecule has 1 fully saturated rings. The third-order valence-electron chi connectivity index (χ3n) is 5.21. The van der Waals surface area contributed by atoms with Gasteiger partial charge in [-0.3, -0.25) is 0 Å². The Kier molecular flexibility index (Phi) is 6.84. The predicted octanol–water partition coefficient (Wildman–Crippen LogP) is 3.89. The van der Waals surface area contributed by atoms with Crippen molar-refractivity contribution in [1.29, 1.82) is 0 Å². The fraction of sp³-hybridized carbons (Fsp3) is 0.364. The smallest absolute Gasteiger partial charge is 0.243 e. The van der Waals surface area contributed by atoms with E-state index in [0.29, 0.717) is 43.4 Å². The molecule has 0 aliphatic carbocycles. The first-order valence-electron chi connectivity index (χ1n) is 10.4. The van der Waals surface area contributed by atoms with Gasteiger partial charge in [0.05, 0.1) is 16.4 Å². The van der Waals surface area contributed by atoms with Crippen LogP contribution >= 0.6 is 11.3 Å². The van der Waals surface area contributed by atoms with Crippen LogP contribution in [0.1, 0.15) is 19.8 Å². The number of piperazine rings is 1. The highest BCUT2D eigenvalue weighted by atomic mass is 32.2. The van der Waals surface area contributed by atoms with Crippen molar-refractivity contribution in [2.24, 2.45) is 0 Å². The number of benzene rings is 1. The minimum Gasteiger partial charge on any atom is -0.494 e.